The summed E-state index contributed by atoms with van der Waals surface area (Å²) >= 11 is 0. The molecule has 0 saturated carbocycles. The fraction of sp³-hybridized carbons (Fsp3) is 0.353. The van der Waals surface area contributed by atoms with Crippen molar-refractivity contribution in [3.05, 3.63) is 59.2 Å². The number of aliphatic hydroxyl groups is 1. The lowest BCUT2D eigenvalue weighted by Crippen LogP contribution is -2.33. The van der Waals surface area contributed by atoms with Crippen LogP contribution in [0.25, 0.3) is 0 Å². The number of benzene rings is 1. The molecule has 26 heavy (non-hydrogen) atoms. The Balaban J connectivity index is 1.73. The number of aromatic nitrogens is 1. The second-order valence-corrected chi connectivity index (χ2v) is 5.82. The largest absolute Gasteiger partial charge is 0.433 e. The summed E-state index contributed by atoms with van der Waals surface area (Å²) < 4.78 is 57.9. The number of ether oxygens (including phenoxy) is 1. The van der Waals surface area contributed by atoms with Gasteiger partial charge in [0.25, 0.3) is 0 Å². The quantitative estimate of drug-likeness (QED) is 0.570. The van der Waals surface area contributed by atoms with Gasteiger partial charge in [0.2, 0.25) is 0 Å². The number of pyridine rings is 1. The van der Waals surface area contributed by atoms with Crippen molar-refractivity contribution in [2.24, 2.45) is 0 Å². The fourth-order valence-electron chi connectivity index (χ4n) is 2.66. The van der Waals surface area contributed by atoms with Crippen molar-refractivity contribution in [3.8, 4) is 0 Å². The minimum absolute atomic E-state index is 0.0309. The van der Waals surface area contributed by atoms with Crippen LogP contribution in [0.2, 0.25) is 0 Å². The highest BCUT2D eigenvalue weighted by Gasteiger charge is 2.33. The van der Waals surface area contributed by atoms with Crippen LogP contribution in [0, 0.1) is 5.82 Å². The molecule has 1 aliphatic rings. The van der Waals surface area contributed by atoms with Gasteiger partial charge in [-0.05, 0) is 24.3 Å². The van der Waals surface area contributed by atoms with Gasteiger partial charge in [-0.1, -0.05) is 6.07 Å². The molecular weight excluding hydrogens is 354 g/mol. The van der Waals surface area contributed by atoms with Crippen LogP contribution in [0.4, 0.5) is 23.2 Å². The van der Waals surface area contributed by atoms with Gasteiger partial charge in [0.1, 0.15) is 11.5 Å². The van der Waals surface area contributed by atoms with E-state index in [4.69, 9.17) is 4.74 Å². The summed E-state index contributed by atoms with van der Waals surface area (Å²) in [5.74, 6) is -0.526. The van der Waals surface area contributed by atoms with Gasteiger partial charge in [-0.3, -0.25) is 4.98 Å². The second kappa shape index (κ2) is 7.56. The Morgan fingerprint density at radius 3 is 2.73 bits per heavy atom. The molecule has 1 aliphatic heterocycles. The molecule has 1 saturated heterocycles. The molecule has 2 atom stereocenters. The van der Waals surface area contributed by atoms with Crippen LogP contribution in [0.3, 0.4) is 0 Å². The van der Waals surface area contributed by atoms with Gasteiger partial charge in [-0.15, -0.1) is 0 Å². The highest BCUT2D eigenvalue weighted by atomic mass is 19.4. The van der Waals surface area contributed by atoms with Crippen molar-refractivity contribution in [2.75, 3.05) is 25.0 Å². The molecule has 2 unspecified atom stereocenters. The minimum Gasteiger partial charge on any atom is -0.371 e. The second-order valence-electron chi connectivity index (χ2n) is 5.82. The first kappa shape index (κ1) is 18.6. The van der Waals surface area contributed by atoms with Crippen LogP contribution in [-0.4, -0.2) is 29.8 Å². The normalized spacial score (nSPS) is 19.2. The molecule has 5 nitrogen and oxygen atoms in total. The highest BCUT2D eigenvalue weighted by Crippen LogP contribution is 2.30. The van der Waals surface area contributed by atoms with Gasteiger partial charge < -0.3 is 20.5 Å². The van der Waals surface area contributed by atoms with Crippen molar-refractivity contribution in [1.29, 1.82) is 0 Å². The zero-order valence-electron chi connectivity index (χ0n) is 13.6. The van der Waals surface area contributed by atoms with Crippen molar-refractivity contribution in [3.63, 3.8) is 0 Å². The Bertz CT molecular complexity index is 764. The molecule has 1 aromatic heterocycles. The molecule has 2 heterocycles. The van der Waals surface area contributed by atoms with Gasteiger partial charge in [-0.2, -0.15) is 13.2 Å². The molecule has 0 radical (unpaired) electrons. The van der Waals surface area contributed by atoms with Crippen molar-refractivity contribution >= 4 is 5.69 Å². The SMILES string of the molecule is OC(Nc1ccc(C2CNCCO2)c(F)c1)c1ccnc(C(F)(F)F)c1. The average Bonchev–Trinajstić information content (AvgIpc) is 2.62. The third kappa shape index (κ3) is 4.29. The van der Waals surface area contributed by atoms with Crippen molar-refractivity contribution in [1.82, 2.24) is 10.3 Å². The fourth-order valence-corrected chi connectivity index (χ4v) is 2.66. The Hall–Kier alpha value is -2.23. The topological polar surface area (TPSA) is 66.4 Å². The number of hydrogen-bond donors (Lipinski definition) is 3. The molecule has 0 aliphatic carbocycles. The highest BCUT2D eigenvalue weighted by molar-refractivity contribution is 5.47. The molecule has 1 fully saturated rings. The molecule has 0 amide bonds. The number of rotatable bonds is 4. The summed E-state index contributed by atoms with van der Waals surface area (Å²) in [4.78, 5) is 3.23. The molecule has 9 heteroatoms. The molecule has 2 aromatic rings. The molecule has 3 N–H and O–H groups in total. The predicted molar refractivity (Wildman–Crippen MR) is 85.8 cm³/mol. The minimum atomic E-state index is -4.61. The maximum atomic E-state index is 14.3. The third-order valence-corrected chi connectivity index (χ3v) is 3.97. The number of halogens is 4. The van der Waals surface area contributed by atoms with Gasteiger partial charge in [0.05, 0.1) is 12.7 Å². The molecule has 1 aromatic carbocycles. The van der Waals surface area contributed by atoms with Crippen molar-refractivity contribution < 1.29 is 27.4 Å². The van der Waals surface area contributed by atoms with E-state index in [2.05, 4.69) is 15.6 Å². The first-order valence-electron chi connectivity index (χ1n) is 7.94. The summed E-state index contributed by atoms with van der Waals surface area (Å²) in [6, 6.07) is 6.21. The number of nitrogens with zero attached hydrogens (tertiary/aromatic N) is 1. The first-order chi connectivity index (χ1) is 12.3. The number of anilines is 1. The number of nitrogens with one attached hydrogen (secondary N) is 2. The Kier molecular flexibility index (Phi) is 5.40. The predicted octanol–water partition coefficient (Wildman–Crippen LogP) is 3.00. The van der Waals surface area contributed by atoms with Gasteiger partial charge in [-0.25, -0.2) is 4.39 Å². The summed E-state index contributed by atoms with van der Waals surface area (Å²) in [6.07, 6.45) is -5.51. The van der Waals surface area contributed by atoms with E-state index in [9.17, 15) is 22.7 Å². The number of alkyl halides is 3. The maximum absolute atomic E-state index is 14.3. The third-order valence-electron chi connectivity index (χ3n) is 3.97. The summed E-state index contributed by atoms with van der Waals surface area (Å²) in [5.41, 5.74) is -0.538. The Morgan fingerprint density at radius 2 is 2.08 bits per heavy atom. The Morgan fingerprint density at radius 1 is 1.27 bits per heavy atom. The number of hydrogen-bond acceptors (Lipinski definition) is 5. The van der Waals surface area contributed by atoms with Crippen LogP contribution in [0.5, 0.6) is 0 Å². The molecule has 140 valence electrons. The monoisotopic (exact) mass is 371 g/mol. The van der Waals surface area contributed by atoms with Crippen LogP contribution in [0.1, 0.15) is 29.2 Å². The first-order valence-corrected chi connectivity index (χ1v) is 7.94. The van der Waals surface area contributed by atoms with Crippen LogP contribution in [0.15, 0.2) is 36.5 Å². The van der Waals surface area contributed by atoms with Crippen molar-refractivity contribution in [2.45, 2.75) is 18.5 Å². The summed E-state index contributed by atoms with van der Waals surface area (Å²) in [6.45, 7) is 1.67. The van der Waals surface area contributed by atoms with E-state index in [0.717, 1.165) is 12.3 Å². The zero-order valence-corrected chi connectivity index (χ0v) is 13.6. The molecule has 0 spiro atoms. The lowest BCUT2D eigenvalue weighted by molar-refractivity contribution is -0.141. The van der Waals surface area contributed by atoms with Gasteiger partial charge >= 0.3 is 6.18 Å². The average molecular weight is 371 g/mol. The lowest BCUT2D eigenvalue weighted by Gasteiger charge is -2.24. The van der Waals surface area contributed by atoms with E-state index >= 15 is 0 Å². The standard InChI is InChI=1S/C17H17F4N3O2/c18-13-8-11(1-2-12(13)14-9-22-5-6-26-14)24-16(25)10-3-4-23-15(7-10)17(19,20)21/h1-4,7-8,14,16,22,24-25H,5-6,9H2. The summed E-state index contributed by atoms with van der Waals surface area (Å²) in [5, 5.41) is 15.8. The Labute approximate surface area is 147 Å². The molecular formula is C17H17F4N3O2. The molecule has 3 rings (SSSR count). The zero-order chi connectivity index (χ0) is 18.7. The van der Waals surface area contributed by atoms with E-state index in [-0.39, 0.29) is 11.3 Å². The summed E-state index contributed by atoms with van der Waals surface area (Å²) in [7, 11) is 0. The van der Waals surface area contributed by atoms with Gasteiger partial charge in [0.15, 0.2) is 6.23 Å². The van der Waals surface area contributed by atoms with E-state index in [1.54, 1.807) is 0 Å². The van der Waals surface area contributed by atoms with E-state index in [1.807, 2.05) is 0 Å². The number of morpholine rings is 1. The molecule has 0 bridgehead atoms. The van der Waals surface area contributed by atoms with Crippen LogP contribution >= 0.6 is 0 Å². The maximum Gasteiger partial charge on any atom is 0.433 e. The van der Waals surface area contributed by atoms with E-state index in [1.165, 1.54) is 24.3 Å². The smallest absolute Gasteiger partial charge is 0.371 e. The lowest BCUT2D eigenvalue weighted by atomic mass is 10.1. The van der Waals surface area contributed by atoms with Crippen LogP contribution in [-0.2, 0) is 10.9 Å². The van der Waals surface area contributed by atoms with Gasteiger partial charge in [0, 0.05) is 36.1 Å². The van der Waals surface area contributed by atoms with E-state index < -0.39 is 30.0 Å². The van der Waals surface area contributed by atoms with E-state index in [0.29, 0.717) is 25.3 Å². The number of aliphatic hydroxyl groups excluding tert-OH is 1. The van der Waals surface area contributed by atoms with Crippen LogP contribution < -0.4 is 10.6 Å².